The number of anilines is 1. The van der Waals surface area contributed by atoms with Crippen LogP contribution in [0.1, 0.15) is 57.6 Å². The Balaban J connectivity index is 1.39. The highest BCUT2D eigenvalue weighted by atomic mass is 35.5. The number of ether oxygens (including phenoxy) is 1. The van der Waals surface area contributed by atoms with Gasteiger partial charge in [0.2, 0.25) is 5.28 Å². The number of halogens is 1. The Morgan fingerprint density at radius 2 is 1.91 bits per heavy atom. The second-order valence-corrected chi connectivity index (χ2v) is 11.2. The molecule has 0 aromatic carbocycles. The number of aliphatic hydroxyl groups is 2. The van der Waals surface area contributed by atoms with Crippen LogP contribution in [-0.4, -0.2) is 77.1 Å². The summed E-state index contributed by atoms with van der Waals surface area (Å²) in [5.41, 5.74) is 1.41. The third kappa shape index (κ3) is 4.59. The molecule has 3 fully saturated rings. The van der Waals surface area contributed by atoms with Crippen molar-refractivity contribution in [3.63, 3.8) is 0 Å². The molecule has 0 radical (unpaired) electrons. The predicted octanol–water partition coefficient (Wildman–Crippen LogP) is 2.34. The highest BCUT2D eigenvalue weighted by Crippen LogP contribution is 2.45. The first-order valence-corrected chi connectivity index (χ1v) is 13.5. The van der Waals surface area contributed by atoms with Crippen LogP contribution < -0.4 is 4.90 Å². The molecule has 4 N–H and O–H groups in total. The van der Waals surface area contributed by atoms with Crippen LogP contribution in [0, 0.1) is 5.41 Å². The average Bonchev–Trinajstić information content (AvgIpc) is 3.46. The Bertz CT molecular complexity index is 987. The molecule has 2 aliphatic heterocycles. The lowest BCUT2D eigenvalue weighted by Gasteiger charge is -2.33. The molecule has 5 rings (SSSR count). The average molecular weight is 500 g/mol. The lowest BCUT2D eigenvalue weighted by Crippen LogP contribution is -2.31. The van der Waals surface area contributed by atoms with Crippen LogP contribution in [0.4, 0.5) is 5.82 Å². The van der Waals surface area contributed by atoms with E-state index in [1.54, 1.807) is 10.9 Å². The van der Waals surface area contributed by atoms with Gasteiger partial charge in [0.1, 0.15) is 12.2 Å². The lowest BCUT2D eigenvalue weighted by atomic mass is 9.73. The van der Waals surface area contributed by atoms with Crippen molar-refractivity contribution in [3.8, 4) is 0 Å². The maximum atomic E-state index is 10.7. The zero-order valence-corrected chi connectivity index (χ0v) is 20.1. The molecule has 1 spiro atoms. The van der Waals surface area contributed by atoms with E-state index >= 15 is 0 Å². The number of aliphatic hydroxyl groups excluding tert-OH is 2. The Hall–Kier alpha value is -1.13. The van der Waals surface area contributed by atoms with E-state index in [-0.39, 0.29) is 11.4 Å². The van der Waals surface area contributed by atoms with Crippen LogP contribution in [0.3, 0.4) is 0 Å². The minimum absolute atomic E-state index is 0.104. The molecule has 2 saturated heterocycles. The first kappa shape index (κ1) is 23.6. The van der Waals surface area contributed by atoms with E-state index in [1.807, 2.05) is 0 Å². The molecule has 3 aliphatic rings. The Morgan fingerprint density at radius 1 is 1.12 bits per heavy atom. The summed E-state index contributed by atoms with van der Waals surface area (Å²) < 4.78 is 7.57. The fourth-order valence-electron chi connectivity index (χ4n) is 5.74. The maximum Gasteiger partial charge on any atom is 0.226 e. The minimum atomic E-state index is -1.99. The van der Waals surface area contributed by atoms with E-state index < -0.39 is 32.9 Å². The summed E-state index contributed by atoms with van der Waals surface area (Å²) in [5.74, 6) is 0.704. The molecule has 0 amide bonds. The van der Waals surface area contributed by atoms with Crippen LogP contribution in [0.2, 0.25) is 5.28 Å². The van der Waals surface area contributed by atoms with Gasteiger partial charge in [-0.1, -0.05) is 19.3 Å². The van der Waals surface area contributed by atoms with Crippen molar-refractivity contribution < 1.29 is 24.7 Å². The van der Waals surface area contributed by atoms with Crippen molar-refractivity contribution in [1.82, 2.24) is 19.5 Å². The quantitative estimate of drug-likeness (QED) is 0.348. The fraction of sp³-hybridized carbons (Fsp3) is 0.762. The number of hydrogen-bond donors (Lipinski definition) is 4. The van der Waals surface area contributed by atoms with E-state index in [0.717, 1.165) is 19.5 Å². The van der Waals surface area contributed by atoms with Gasteiger partial charge in [0.05, 0.1) is 12.4 Å². The van der Waals surface area contributed by atoms with E-state index in [0.29, 0.717) is 35.2 Å². The van der Waals surface area contributed by atoms with Gasteiger partial charge in [-0.25, -0.2) is 4.98 Å². The second-order valence-electron chi connectivity index (χ2n) is 9.66. The van der Waals surface area contributed by atoms with Crippen molar-refractivity contribution in [2.75, 3.05) is 24.2 Å². The van der Waals surface area contributed by atoms with E-state index in [9.17, 15) is 10.2 Å². The molecule has 2 aromatic heterocycles. The van der Waals surface area contributed by atoms with Crippen LogP contribution in [0.15, 0.2) is 6.33 Å². The van der Waals surface area contributed by atoms with E-state index in [2.05, 4.69) is 19.9 Å². The highest BCUT2D eigenvalue weighted by molar-refractivity contribution is 7.45. The van der Waals surface area contributed by atoms with Gasteiger partial charge in [-0.15, -0.1) is 0 Å². The monoisotopic (exact) mass is 499 g/mol. The predicted molar refractivity (Wildman–Crippen MR) is 124 cm³/mol. The molecule has 12 heteroatoms. The summed E-state index contributed by atoms with van der Waals surface area (Å²) in [6.45, 7) is 1.83. The van der Waals surface area contributed by atoms with Crippen molar-refractivity contribution in [3.05, 3.63) is 11.6 Å². The van der Waals surface area contributed by atoms with Gasteiger partial charge in [-0.05, 0) is 49.1 Å². The van der Waals surface area contributed by atoms with Crippen LogP contribution in [0.25, 0.3) is 11.2 Å². The van der Waals surface area contributed by atoms with Crippen molar-refractivity contribution in [1.29, 1.82) is 0 Å². The summed E-state index contributed by atoms with van der Waals surface area (Å²) in [6.07, 6.45) is 6.39. The number of hydrogen-bond acceptors (Lipinski definition) is 9. The Labute approximate surface area is 198 Å². The van der Waals surface area contributed by atoms with E-state index in [4.69, 9.17) is 26.1 Å². The molecule has 1 saturated carbocycles. The van der Waals surface area contributed by atoms with Gasteiger partial charge in [0.25, 0.3) is 0 Å². The number of rotatable bonds is 6. The SMILES string of the molecule is OC1C(CCCP(O)O)OC(n2cnc3c(N4CCC5(CCCCC5)C4)nc(Cl)nc32)C1O. The summed E-state index contributed by atoms with van der Waals surface area (Å²) >= 11 is 6.32. The highest BCUT2D eigenvalue weighted by Gasteiger charge is 2.44. The van der Waals surface area contributed by atoms with Gasteiger partial charge < -0.3 is 29.6 Å². The van der Waals surface area contributed by atoms with Crippen molar-refractivity contribution in [2.24, 2.45) is 5.41 Å². The minimum Gasteiger partial charge on any atom is -0.388 e. The number of fused-ring (bicyclic) bond motifs is 1. The van der Waals surface area contributed by atoms with Crippen LogP contribution in [-0.2, 0) is 4.74 Å². The van der Waals surface area contributed by atoms with Crippen LogP contribution in [0.5, 0.6) is 0 Å². The smallest absolute Gasteiger partial charge is 0.226 e. The Kier molecular flexibility index (Phi) is 6.79. The first-order chi connectivity index (χ1) is 15.9. The largest absolute Gasteiger partial charge is 0.388 e. The number of imidazole rings is 1. The van der Waals surface area contributed by atoms with Gasteiger partial charge in [0.15, 0.2) is 31.6 Å². The summed E-state index contributed by atoms with van der Waals surface area (Å²) in [4.78, 5) is 33.9. The second kappa shape index (κ2) is 9.49. The standard InChI is InChI=1S/C21H31ClN5O5P/c22-20-24-17(26-9-8-21(11-26)6-2-1-3-7-21)14-18(25-20)27(12-23-14)19-16(29)15(28)13(32-19)5-4-10-33(30)31/h12-13,15-16,19,28-31H,1-11H2. The van der Waals surface area contributed by atoms with Gasteiger partial charge in [-0.3, -0.25) is 4.57 Å². The topological polar surface area (TPSA) is 137 Å². The molecule has 4 unspecified atom stereocenters. The zero-order chi connectivity index (χ0) is 23.2. The number of aromatic nitrogens is 4. The molecular formula is C21H31ClN5O5P. The molecule has 1 aliphatic carbocycles. The molecule has 10 nitrogen and oxygen atoms in total. The van der Waals surface area contributed by atoms with Gasteiger partial charge in [0, 0.05) is 19.3 Å². The summed E-state index contributed by atoms with van der Waals surface area (Å²) in [7, 11) is -1.99. The Morgan fingerprint density at radius 3 is 2.67 bits per heavy atom. The molecule has 33 heavy (non-hydrogen) atoms. The first-order valence-electron chi connectivity index (χ1n) is 11.7. The maximum absolute atomic E-state index is 10.7. The zero-order valence-electron chi connectivity index (χ0n) is 18.4. The third-order valence-corrected chi connectivity index (χ3v) is 8.37. The van der Waals surface area contributed by atoms with Crippen molar-refractivity contribution >= 4 is 37.0 Å². The molecule has 4 heterocycles. The van der Waals surface area contributed by atoms with Gasteiger partial charge >= 0.3 is 0 Å². The van der Waals surface area contributed by atoms with Crippen LogP contribution >= 0.6 is 20.0 Å². The number of nitrogens with zero attached hydrogens (tertiary/aromatic N) is 5. The molecular weight excluding hydrogens is 469 g/mol. The fourth-order valence-corrected chi connectivity index (χ4v) is 6.37. The normalized spacial score (nSPS) is 29.7. The lowest BCUT2D eigenvalue weighted by molar-refractivity contribution is -0.0370. The molecule has 2 aromatic rings. The van der Waals surface area contributed by atoms with Gasteiger partial charge in [-0.2, -0.15) is 9.97 Å². The molecule has 0 bridgehead atoms. The third-order valence-electron chi connectivity index (χ3n) is 7.49. The van der Waals surface area contributed by atoms with Crippen molar-refractivity contribution in [2.45, 2.75) is 75.9 Å². The van der Waals surface area contributed by atoms with E-state index in [1.165, 1.54) is 32.1 Å². The summed E-state index contributed by atoms with van der Waals surface area (Å²) in [6, 6.07) is 0. The summed E-state index contributed by atoms with van der Waals surface area (Å²) in [5, 5.41) is 21.3. The molecule has 182 valence electrons. The molecule has 4 atom stereocenters.